The standard InChI is InChI=1S/C10H14N2O2.ClH/c1-13-10-3-2-8(6-12-10)9-7-14-5-4-11-9;/h2-3,6,9,11H,4-5,7H2,1H3;1H/t9-;/m1./s1. The molecule has 2 rings (SSSR count). The van der Waals surface area contributed by atoms with E-state index in [-0.39, 0.29) is 18.4 Å². The van der Waals surface area contributed by atoms with Crippen molar-refractivity contribution in [2.45, 2.75) is 6.04 Å². The number of ether oxygens (including phenoxy) is 2. The van der Waals surface area contributed by atoms with Crippen LogP contribution in [0.1, 0.15) is 11.6 Å². The molecule has 15 heavy (non-hydrogen) atoms. The minimum Gasteiger partial charge on any atom is -0.481 e. The molecule has 84 valence electrons. The minimum absolute atomic E-state index is 0. The molecule has 0 radical (unpaired) electrons. The van der Waals surface area contributed by atoms with Crippen molar-refractivity contribution in [3.8, 4) is 5.88 Å². The van der Waals surface area contributed by atoms with E-state index in [4.69, 9.17) is 9.47 Å². The second-order valence-electron chi connectivity index (χ2n) is 3.22. The molecule has 0 aliphatic carbocycles. The van der Waals surface area contributed by atoms with Crippen LogP contribution >= 0.6 is 12.4 Å². The van der Waals surface area contributed by atoms with Gasteiger partial charge in [-0.05, 0) is 5.56 Å². The molecule has 0 spiro atoms. The van der Waals surface area contributed by atoms with Crippen molar-refractivity contribution in [2.75, 3.05) is 26.9 Å². The van der Waals surface area contributed by atoms with Gasteiger partial charge in [-0.1, -0.05) is 6.07 Å². The zero-order chi connectivity index (χ0) is 9.80. The van der Waals surface area contributed by atoms with E-state index in [2.05, 4.69) is 10.3 Å². The summed E-state index contributed by atoms with van der Waals surface area (Å²) in [6.45, 7) is 2.41. The summed E-state index contributed by atoms with van der Waals surface area (Å²) in [5.41, 5.74) is 1.14. The van der Waals surface area contributed by atoms with Gasteiger partial charge in [0, 0.05) is 18.8 Å². The van der Waals surface area contributed by atoms with Gasteiger partial charge in [0.1, 0.15) is 0 Å². The van der Waals surface area contributed by atoms with E-state index >= 15 is 0 Å². The van der Waals surface area contributed by atoms with Crippen LogP contribution in [0.15, 0.2) is 18.3 Å². The van der Waals surface area contributed by atoms with Gasteiger partial charge < -0.3 is 14.8 Å². The first-order valence-corrected chi connectivity index (χ1v) is 4.71. The van der Waals surface area contributed by atoms with Gasteiger partial charge in [-0.3, -0.25) is 0 Å². The van der Waals surface area contributed by atoms with Crippen molar-refractivity contribution in [1.29, 1.82) is 0 Å². The Kier molecular flexibility index (Phi) is 4.81. The van der Waals surface area contributed by atoms with Crippen LogP contribution in [0.2, 0.25) is 0 Å². The normalized spacial score (nSPS) is 20.5. The first kappa shape index (κ1) is 12.2. The molecule has 1 aromatic rings. The molecule has 2 heterocycles. The van der Waals surface area contributed by atoms with Crippen molar-refractivity contribution in [2.24, 2.45) is 0 Å². The van der Waals surface area contributed by atoms with Crippen LogP contribution in [-0.4, -0.2) is 31.9 Å². The van der Waals surface area contributed by atoms with E-state index in [1.54, 1.807) is 7.11 Å². The summed E-state index contributed by atoms with van der Waals surface area (Å²) in [7, 11) is 1.62. The molecule has 0 saturated carbocycles. The van der Waals surface area contributed by atoms with Gasteiger partial charge in [-0.25, -0.2) is 4.98 Å². The van der Waals surface area contributed by atoms with E-state index in [0.717, 1.165) is 18.7 Å². The molecule has 4 nitrogen and oxygen atoms in total. The predicted octanol–water partition coefficient (Wildman–Crippen LogP) is 1.17. The van der Waals surface area contributed by atoms with E-state index in [1.807, 2.05) is 18.3 Å². The molecule has 0 unspecified atom stereocenters. The minimum atomic E-state index is 0. The summed E-state index contributed by atoms with van der Waals surface area (Å²) in [6, 6.07) is 4.14. The lowest BCUT2D eigenvalue weighted by Gasteiger charge is -2.23. The summed E-state index contributed by atoms with van der Waals surface area (Å²) in [5, 5.41) is 3.37. The first-order chi connectivity index (χ1) is 6.90. The van der Waals surface area contributed by atoms with E-state index in [1.165, 1.54) is 0 Å². The largest absolute Gasteiger partial charge is 0.481 e. The van der Waals surface area contributed by atoms with E-state index in [9.17, 15) is 0 Å². The number of rotatable bonds is 2. The number of aromatic nitrogens is 1. The summed E-state index contributed by atoms with van der Waals surface area (Å²) < 4.78 is 10.4. The second-order valence-corrected chi connectivity index (χ2v) is 3.22. The van der Waals surface area contributed by atoms with Crippen LogP contribution in [0.3, 0.4) is 0 Å². The van der Waals surface area contributed by atoms with Crippen LogP contribution in [0, 0.1) is 0 Å². The van der Waals surface area contributed by atoms with Crippen molar-refractivity contribution >= 4 is 12.4 Å². The second kappa shape index (κ2) is 5.90. The van der Waals surface area contributed by atoms with Crippen molar-refractivity contribution in [1.82, 2.24) is 10.3 Å². The van der Waals surface area contributed by atoms with Crippen molar-refractivity contribution in [3.63, 3.8) is 0 Å². The molecular weight excluding hydrogens is 216 g/mol. The number of methoxy groups -OCH3 is 1. The summed E-state index contributed by atoms with van der Waals surface area (Å²) in [5.74, 6) is 0.644. The third-order valence-corrected chi connectivity index (χ3v) is 2.29. The van der Waals surface area contributed by atoms with Gasteiger partial charge >= 0.3 is 0 Å². The summed E-state index contributed by atoms with van der Waals surface area (Å²) in [6.07, 6.45) is 1.82. The van der Waals surface area contributed by atoms with Gasteiger partial charge in [0.2, 0.25) is 5.88 Å². The number of nitrogens with one attached hydrogen (secondary N) is 1. The predicted molar refractivity (Wildman–Crippen MR) is 59.6 cm³/mol. The molecule has 1 aromatic heterocycles. The molecule has 0 aromatic carbocycles. The number of nitrogens with zero attached hydrogens (tertiary/aromatic N) is 1. The Labute approximate surface area is 95.4 Å². The molecular formula is C10H15ClN2O2. The Bertz CT molecular complexity index is 286. The molecule has 1 aliphatic heterocycles. The van der Waals surface area contributed by atoms with Gasteiger partial charge in [-0.2, -0.15) is 0 Å². The highest BCUT2D eigenvalue weighted by Crippen LogP contribution is 2.16. The third kappa shape index (κ3) is 3.06. The Hall–Kier alpha value is -0.840. The van der Waals surface area contributed by atoms with Gasteiger partial charge in [0.05, 0.1) is 26.4 Å². The van der Waals surface area contributed by atoms with E-state index in [0.29, 0.717) is 12.5 Å². The van der Waals surface area contributed by atoms with Crippen LogP contribution in [-0.2, 0) is 4.74 Å². The van der Waals surface area contributed by atoms with Crippen LogP contribution in [0.5, 0.6) is 5.88 Å². The lowest BCUT2D eigenvalue weighted by molar-refractivity contribution is 0.0767. The SMILES string of the molecule is COc1ccc([C@H]2COCCN2)cn1.Cl. The smallest absolute Gasteiger partial charge is 0.212 e. The lowest BCUT2D eigenvalue weighted by Crippen LogP contribution is -2.34. The highest BCUT2D eigenvalue weighted by Gasteiger charge is 2.15. The van der Waals surface area contributed by atoms with Crippen molar-refractivity contribution < 1.29 is 9.47 Å². The topological polar surface area (TPSA) is 43.4 Å². The van der Waals surface area contributed by atoms with Crippen LogP contribution in [0.4, 0.5) is 0 Å². The third-order valence-electron chi connectivity index (χ3n) is 2.29. The Morgan fingerprint density at radius 2 is 2.40 bits per heavy atom. The molecule has 1 aliphatic rings. The van der Waals surface area contributed by atoms with Crippen molar-refractivity contribution in [3.05, 3.63) is 23.9 Å². The maximum atomic E-state index is 5.37. The molecule has 1 saturated heterocycles. The Morgan fingerprint density at radius 1 is 1.53 bits per heavy atom. The fourth-order valence-corrected chi connectivity index (χ4v) is 1.50. The van der Waals surface area contributed by atoms with E-state index < -0.39 is 0 Å². The maximum absolute atomic E-state index is 5.37. The van der Waals surface area contributed by atoms with Crippen LogP contribution < -0.4 is 10.1 Å². The molecule has 0 bridgehead atoms. The molecule has 1 fully saturated rings. The quantitative estimate of drug-likeness (QED) is 0.829. The maximum Gasteiger partial charge on any atom is 0.212 e. The average molecular weight is 231 g/mol. The number of halogens is 1. The average Bonchev–Trinajstić information content (AvgIpc) is 2.30. The van der Waals surface area contributed by atoms with Gasteiger partial charge in [-0.15, -0.1) is 12.4 Å². The Balaban J connectivity index is 0.00000112. The zero-order valence-electron chi connectivity index (χ0n) is 8.60. The zero-order valence-corrected chi connectivity index (χ0v) is 9.42. The van der Waals surface area contributed by atoms with Gasteiger partial charge in [0.15, 0.2) is 0 Å². The first-order valence-electron chi connectivity index (χ1n) is 4.71. The highest BCUT2D eigenvalue weighted by molar-refractivity contribution is 5.85. The lowest BCUT2D eigenvalue weighted by atomic mass is 10.1. The van der Waals surface area contributed by atoms with Gasteiger partial charge in [0.25, 0.3) is 0 Å². The fraction of sp³-hybridized carbons (Fsp3) is 0.500. The molecule has 0 amide bonds. The molecule has 1 atom stereocenters. The summed E-state index contributed by atoms with van der Waals surface area (Å²) in [4.78, 5) is 4.15. The molecule has 5 heteroatoms. The monoisotopic (exact) mass is 230 g/mol. The highest BCUT2D eigenvalue weighted by atomic mass is 35.5. The number of pyridine rings is 1. The Morgan fingerprint density at radius 3 is 2.93 bits per heavy atom. The fourth-order valence-electron chi connectivity index (χ4n) is 1.50. The number of hydrogen-bond acceptors (Lipinski definition) is 4. The number of hydrogen-bond donors (Lipinski definition) is 1. The number of morpholine rings is 1. The summed E-state index contributed by atoms with van der Waals surface area (Å²) >= 11 is 0. The molecule has 1 N–H and O–H groups in total. The van der Waals surface area contributed by atoms with Crippen LogP contribution in [0.25, 0.3) is 0 Å².